The summed E-state index contributed by atoms with van der Waals surface area (Å²) < 4.78 is 24.8. The molecule has 12 nitrogen and oxygen atoms in total. The van der Waals surface area contributed by atoms with Gasteiger partial charge < -0.3 is 9.47 Å². The molecule has 8 aromatic rings. The molecule has 1 aliphatic heterocycles. The predicted octanol–water partition coefficient (Wildman–Crippen LogP) is 9.55. The number of aliphatic imine (C=N–C) groups is 1. The Kier molecular flexibility index (Phi) is 8.77. The van der Waals surface area contributed by atoms with E-state index in [0.717, 1.165) is 52.7 Å². The molecule has 0 N–H and O–H groups in total. The highest BCUT2D eigenvalue weighted by molar-refractivity contribution is 7.32. The minimum atomic E-state index is -1.22. The fraction of sp³-hybridized carbons (Fsp3) is 0.0732. The van der Waals surface area contributed by atoms with E-state index in [2.05, 4.69) is 13.7 Å². The van der Waals surface area contributed by atoms with E-state index in [0.29, 0.717) is 27.0 Å². The van der Waals surface area contributed by atoms with Crippen molar-refractivity contribution in [3.05, 3.63) is 125 Å². The van der Waals surface area contributed by atoms with Crippen LogP contribution in [0.1, 0.15) is 18.1 Å². The van der Waals surface area contributed by atoms with E-state index in [-0.39, 0.29) is 30.2 Å². The maximum absolute atomic E-state index is 13.9. The summed E-state index contributed by atoms with van der Waals surface area (Å²) in [6, 6.07) is 33.4. The molecule has 0 unspecified atom stereocenters. The summed E-state index contributed by atoms with van der Waals surface area (Å²) in [4.78, 5) is 59.6. The van der Waals surface area contributed by atoms with Crippen LogP contribution in [-0.2, 0) is 32.3 Å². The predicted molar refractivity (Wildman–Crippen MR) is 215 cm³/mol. The number of aromatic nitrogens is 3. The van der Waals surface area contributed by atoms with E-state index in [1.165, 1.54) is 18.3 Å². The van der Waals surface area contributed by atoms with Gasteiger partial charge >= 0.3 is 12.2 Å². The molecule has 5 heterocycles. The van der Waals surface area contributed by atoms with Gasteiger partial charge in [-0.05, 0) is 42.3 Å². The van der Waals surface area contributed by atoms with Crippen molar-refractivity contribution >= 4 is 111 Å². The molecule has 0 spiro atoms. The maximum Gasteiger partial charge on any atom is 0.424 e. The number of nitrogens with zero attached hydrogens (tertiary/aromatic N) is 6. The lowest BCUT2D eigenvalue weighted by molar-refractivity contribution is -0.136. The topological polar surface area (TPSA) is 157 Å². The minimum Gasteiger partial charge on any atom is -0.444 e. The maximum atomic E-state index is 13.9. The zero-order valence-corrected chi connectivity index (χ0v) is 31.5. The number of hydrogen-bond acceptors (Lipinski definition) is 13. The van der Waals surface area contributed by atoms with Gasteiger partial charge in [-0.25, -0.2) is 19.1 Å². The Balaban J connectivity index is 1.10. The minimum absolute atomic E-state index is 0.0167. The van der Waals surface area contributed by atoms with Gasteiger partial charge in [-0.15, -0.1) is 22.7 Å². The molecular formula is C41H24N6O6S3. The second-order valence-electron chi connectivity index (χ2n) is 12.6. The van der Waals surface area contributed by atoms with Gasteiger partial charge in [0.25, 0.3) is 11.8 Å². The lowest BCUT2D eigenvalue weighted by atomic mass is 9.99. The van der Waals surface area contributed by atoms with E-state index in [9.17, 15) is 24.4 Å². The number of amides is 3. The first-order valence-electron chi connectivity index (χ1n) is 17.0. The molecule has 15 heteroatoms. The Morgan fingerprint density at radius 1 is 0.786 bits per heavy atom. The van der Waals surface area contributed by atoms with Gasteiger partial charge in [0.15, 0.2) is 0 Å². The summed E-state index contributed by atoms with van der Waals surface area (Å²) >= 11 is 4.06. The van der Waals surface area contributed by atoms with Gasteiger partial charge in [0.05, 0.1) is 37.8 Å². The number of carbonyl (C=O) groups excluding carboxylic acids is 4. The first kappa shape index (κ1) is 34.9. The quantitative estimate of drug-likeness (QED) is 0.150. The van der Waals surface area contributed by atoms with Gasteiger partial charge in [-0.3, -0.25) is 9.59 Å². The summed E-state index contributed by atoms with van der Waals surface area (Å²) in [6.45, 7) is 1.35. The smallest absolute Gasteiger partial charge is 0.424 e. The van der Waals surface area contributed by atoms with Crippen LogP contribution >= 0.6 is 34.4 Å². The lowest BCUT2D eigenvalue weighted by Crippen LogP contribution is -2.50. The Morgan fingerprint density at radius 3 is 2.16 bits per heavy atom. The molecule has 0 fully saturated rings. The molecule has 1 aliphatic rings. The van der Waals surface area contributed by atoms with E-state index in [4.69, 9.17) is 9.47 Å². The normalized spacial score (nSPS) is 14.1. The molecule has 0 atom stereocenters. The van der Waals surface area contributed by atoms with E-state index >= 15 is 0 Å². The SMILES string of the molecule is CC1=C(C#N)C(=O)N(C(=O)OCc2ccccc2)C(=O)/C1=N\c1ccc(-c2cc3c(s2)c2sc4ccccc4c2n3C(=O)OCc2ccccc2)c2nsnc12. The standard InChI is InChI=1S/C41H24N6O6S3/c1-22-27(19-42)38(48)47(41(51)53-21-24-12-6-3-7-13-24)39(49)32(22)43-28-17-16-25(33-34(28)45-56-44-33)31-18-29-36(55-31)37-35(26-14-8-9-15-30(26)54-37)46(29)40(50)52-20-23-10-4-2-5-11-23/h2-18H,20-21H2,1H3/b43-32-. The zero-order valence-electron chi connectivity index (χ0n) is 29.1. The van der Waals surface area contributed by atoms with Crippen LogP contribution in [0, 0.1) is 11.3 Å². The van der Waals surface area contributed by atoms with Gasteiger partial charge in [0, 0.05) is 26.1 Å². The van der Waals surface area contributed by atoms with Gasteiger partial charge in [-0.2, -0.15) is 18.9 Å². The Morgan fingerprint density at radius 2 is 1.45 bits per heavy atom. The molecule has 272 valence electrons. The van der Waals surface area contributed by atoms with Crippen molar-refractivity contribution in [1.82, 2.24) is 18.2 Å². The van der Waals surface area contributed by atoms with Crippen molar-refractivity contribution in [3.63, 3.8) is 0 Å². The molecule has 4 aromatic carbocycles. The van der Waals surface area contributed by atoms with E-state index in [1.54, 1.807) is 58.4 Å². The van der Waals surface area contributed by atoms with Crippen LogP contribution in [0.15, 0.2) is 119 Å². The van der Waals surface area contributed by atoms with Gasteiger partial charge in [0.1, 0.15) is 41.6 Å². The number of carbonyl (C=O) groups is 4. The highest BCUT2D eigenvalue weighted by Crippen LogP contribution is 2.47. The van der Waals surface area contributed by atoms with Crippen molar-refractivity contribution < 1.29 is 28.7 Å². The summed E-state index contributed by atoms with van der Waals surface area (Å²) in [6.07, 6.45) is -1.72. The number of hydrogen-bond donors (Lipinski definition) is 0. The molecule has 56 heavy (non-hydrogen) atoms. The molecule has 0 aliphatic carbocycles. The second-order valence-corrected chi connectivity index (χ2v) is 15.3. The van der Waals surface area contributed by atoms with Crippen molar-refractivity contribution in [3.8, 4) is 16.5 Å². The van der Waals surface area contributed by atoms with Crippen LogP contribution in [-0.4, -0.2) is 47.9 Å². The Bertz CT molecular complexity index is 3040. The number of fused-ring (bicyclic) bond motifs is 6. The number of thiophene rings is 2. The number of nitriles is 1. The lowest BCUT2D eigenvalue weighted by Gasteiger charge is -2.24. The number of benzene rings is 4. The van der Waals surface area contributed by atoms with E-state index in [1.807, 2.05) is 66.7 Å². The van der Waals surface area contributed by atoms with Crippen LogP contribution in [0.25, 0.3) is 52.0 Å². The molecule has 0 saturated heterocycles. The van der Waals surface area contributed by atoms with Crippen molar-refractivity contribution in [2.45, 2.75) is 20.1 Å². The Hall–Kier alpha value is -6.86. The molecule has 9 rings (SSSR count). The molecule has 0 bridgehead atoms. The number of rotatable bonds is 6. The third-order valence-electron chi connectivity index (χ3n) is 9.28. The molecule has 4 aromatic heterocycles. The van der Waals surface area contributed by atoms with E-state index < -0.39 is 29.6 Å². The first-order chi connectivity index (χ1) is 27.3. The third kappa shape index (κ3) is 5.84. The van der Waals surface area contributed by atoms with Crippen LogP contribution in [0.2, 0.25) is 0 Å². The van der Waals surface area contributed by atoms with Crippen molar-refractivity contribution in [2.24, 2.45) is 4.99 Å². The second kappa shape index (κ2) is 14.1. The Labute approximate surface area is 329 Å². The van der Waals surface area contributed by atoms with Crippen LogP contribution in [0.3, 0.4) is 0 Å². The summed E-state index contributed by atoms with van der Waals surface area (Å²) in [5.74, 6) is -2.12. The number of imide groups is 3. The molecule has 3 amide bonds. The summed E-state index contributed by atoms with van der Waals surface area (Å²) in [7, 11) is 0. The zero-order chi connectivity index (χ0) is 38.5. The fourth-order valence-electron chi connectivity index (χ4n) is 6.57. The molecule has 0 saturated carbocycles. The van der Waals surface area contributed by atoms with Crippen molar-refractivity contribution in [1.29, 1.82) is 5.26 Å². The highest BCUT2D eigenvalue weighted by atomic mass is 32.1. The average molecular weight is 793 g/mol. The van der Waals surface area contributed by atoms with Crippen LogP contribution in [0.5, 0.6) is 0 Å². The van der Waals surface area contributed by atoms with Gasteiger partial charge in [-0.1, -0.05) is 78.9 Å². The molecular weight excluding hydrogens is 769 g/mol. The first-order valence-corrected chi connectivity index (χ1v) is 19.4. The molecule has 0 radical (unpaired) electrons. The van der Waals surface area contributed by atoms with Crippen molar-refractivity contribution in [2.75, 3.05) is 0 Å². The number of ether oxygens (including phenoxy) is 2. The van der Waals surface area contributed by atoms with Gasteiger partial charge in [0.2, 0.25) is 0 Å². The average Bonchev–Trinajstić information content (AvgIpc) is 4.01. The summed E-state index contributed by atoms with van der Waals surface area (Å²) in [5, 5.41) is 10.8. The fourth-order valence-corrected chi connectivity index (χ4v) is 9.63. The third-order valence-corrected chi connectivity index (χ3v) is 12.3. The van der Waals surface area contributed by atoms with Crippen LogP contribution < -0.4 is 0 Å². The summed E-state index contributed by atoms with van der Waals surface area (Å²) in [5.41, 5.74) is 4.14. The monoisotopic (exact) mass is 792 g/mol. The highest BCUT2D eigenvalue weighted by Gasteiger charge is 2.42. The van der Waals surface area contributed by atoms with Crippen LogP contribution in [0.4, 0.5) is 15.3 Å². The largest absolute Gasteiger partial charge is 0.444 e.